The number of fused-ring (bicyclic) bond motifs is 1. The average Bonchev–Trinajstić information content (AvgIpc) is 3.38. The summed E-state index contributed by atoms with van der Waals surface area (Å²) >= 11 is 9.64. The summed E-state index contributed by atoms with van der Waals surface area (Å²) in [6.07, 6.45) is 0.395. The number of hydrazone groups is 1. The Morgan fingerprint density at radius 1 is 0.895 bits per heavy atom. The van der Waals surface area contributed by atoms with Crippen molar-refractivity contribution in [2.24, 2.45) is 5.10 Å². The molecule has 5 nitrogen and oxygen atoms in total. The van der Waals surface area contributed by atoms with Crippen LogP contribution in [0, 0.1) is 0 Å². The fourth-order valence-corrected chi connectivity index (χ4v) is 5.44. The van der Waals surface area contributed by atoms with Crippen molar-refractivity contribution in [2.45, 2.75) is 12.5 Å². The molecule has 38 heavy (non-hydrogen) atoms. The Kier molecular flexibility index (Phi) is 6.44. The Labute approximate surface area is 232 Å². The zero-order valence-corrected chi connectivity index (χ0v) is 22.4. The monoisotopic (exact) mass is 581 g/mol. The second-order valence-corrected chi connectivity index (χ2v) is 10.4. The number of rotatable bonds is 4. The largest absolute Gasteiger partial charge is 0.321 e. The molecule has 5 aromatic rings. The molecule has 1 atom stereocenters. The number of carbonyl (C=O) groups excluding carboxylic acids is 1. The van der Waals surface area contributed by atoms with E-state index in [1.165, 1.54) is 5.01 Å². The SMILES string of the molecule is O=C(c1ccc(Cl)cc1)N1N=C(c2c(-c3ccccc3)c3cc(Br)ccc3[nH]c2=O)CC1c1ccccc1. The number of H-pyrrole nitrogens is 1. The van der Waals surface area contributed by atoms with Crippen molar-refractivity contribution in [3.05, 3.63) is 140 Å². The molecule has 6 rings (SSSR count). The smallest absolute Gasteiger partial charge is 0.274 e. The molecule has 0 bridgehead atoms. The number of aromatic amines is 1. The van der Waals surface area contributed by atoms with Gasteiger partial charge in [-0.2, -0.15) is 5.10 Å². The van der Waals surface area contributed by atoms with Crippen LogP contribution in [0.15, 0.2) is 117 Å². The maximum atomic E-state index is 13.7. The molecular formula is C31H21BrClN3O2. The quantitative estimate of drug-likeness (QED) is 0.237. The summed E-state index contributed by atoms with van der Waals surface area (Å²) < 4.78 is 0.898. The first kappa shape index (κ1) is 24.3. The van der Waals surface area contributed by atoms with E-state index in [0.29, 0.717) is 28.3 Å². The van der Waals surface area contributed by atoms with Crippen LogP contribution >= 0.6 is 27.5 Å². The molecule has 186 valence electrons. The molecule has 0 radical (unpaired) electrons. The standard InChI is InChI=1S/C31H21BrClN3O2/c32-22-13-16-25-24(17-22)28(20-9-5-2-6-10-20)29(30(37)34-25)26-18-27(19-7-3-1-4-8-19)36(35-26)31(38)21-11-14-23(33)15-12-21/h1-17,27H,18H2,(H,34,37). The molecule has 2 heterocycles. The molecule has 1 aliphatic rings. The van der Waals surface area contributed by atoms with Gasteiger partial charge in [0, 0.05) is 37.9 Å². The second kappa shape index (κ2) is 10.0. The molecule has 1 N–H and O–H groups in total. The molecule has 1 aromatic heterocycles. The van der Waals surface area contributed by atoms with Gasteiger partial charge in [0.2, 0.25) is 0 Å². The maximum Gasteiger partial charge on any atom is 0.274 e. The van der Waals surface area contributed by atoms with E-state index in [4.69, 9.17) is 16.7 Å². The summed E-state index contributed by atoms with van der Waals surface area (Å²) in [5.41, 5.74) is 4.61. The molecule has 0 fully saturated rings. The Bertz CT molecular complexity index is 1750. The van der Waals surface area contributed by atoms with Crippen LogP contribution in [0.1, 0.15) is 33.9 Å². The molecule has 0 saturated heterocycles. The Morgan fingerprint density at radius 2 is 1.58 bits per heavy atom. The van der Waals surface area contributed by atoms with Crippen LogP contribution < -0.4 is 5.56 Å². The molecule has 1 aliphatic heterocycles. The Hall–Kier alpha value is -4.00. The highest BCUT2D eigenvalue weighted by atomic mass is 79.9. The highest BCUT2D eigenvalue weighted by molar-refractivity contribution is 9.10. The van der Waals surface area contributed by atoms with E-state index in [0.717, 1.165) is 32.1 Å². The van der Waals surface area contributed by atoms with Crippen LogP contribution in [0.2, 0.25) is 5.02 Å². The number of pyridine rings is 1. The lowest BCUT2D eigenvalue weighted by Crippen LogP contribution is -2.27. The van der Waals surface area contributed by atoms with Gasteiger partial charge in [-0.3, -0.25) is 9.59 Å². The van der Waals surface area contributed by atoms with Gasteiger partial charge < -0.3 is 4.98 Å². The number of halogens is 2. The van der Waals surface area contributed by atoms with Crippen LogP contribution in [0.4, 0.5) is 0 Å². The van der Waals surface area contributed by atoms with Crippen LogP contribution in [0.25, 0.3) is 22.0 Å². The fourth-order valence-electron chi connectivity index (χ4n) is 4.95. The van der Waals surface area contributed by atoms with Gasteiger partial charge in [0.05, 0.1) is 17.3 Å². The summed E-state index contributed by atoms with van der Waals surface area (Å²) in [6.45, 7) is 0. The summed E-state index contributed by atoms with van der Waals surface area (Å²) in [5.74, 6) is -0.258. The summed E-state index contributed by atoms with van der Waals surface area (Å²) in [7, 11) is 0. The van der Waals surface area contributed by atoms with E-state index in [9.17, 15) is 9.59 Å². The lowest BCUT2D eigenvalue weighted by molar-refractivity contribution is 0.0711. The average molecular weight is 583 g/mol. The number of hydrogen-bond donors (Lipinski definition) is 1. The van der Waals surface area contributed by atoms with E-state index >= 15 is 0 Å². The van der Waals surface area contributed by atoms with Crippen LogP contribution in [0.3, 0.4) is 0 Å². The first-order valence-corrected chi connectivity index (χ1v) is 13.3. The van der Waals surface area contributed by atoms with Crippen LogP contribution in [0.5, 0.6) is 0 Å². The molecule has 1 amide bonds. The van der Waals surface area contributed by atoms with E-state index < -0.39 is 0 Å². The lowest BCUT2D eigenvalue weighted by Gasteiger charge is -2.22. The maximum absolute atomic E-state index is 13.7. The molecule has 0 aliphatic carbocycles. The van der Waals surface area contributed by atoms with Gasteiger partial charge in [0.1, 0.15) is 0 Å². The van der Waals surface area contributed by atoms with Crippen molar-refractivity contribution in [3.63, 3.8) is 0 Å². The van der Waals surface area contributed by atoms with E-state index in [1.54, 1.807) is 24.3 Å². The third-order valence-corrected chi connectivity index (χ3v) is 7.47. The topological polar surface area (TPSA) is 65.5 Å². The highest BCUT2D eigenvalue weighted by Crippen LogP contribution is 2.38. The predicted molar refractivity (Wildman–Crippen MR) is 156 cm³/mol. The second-order valence-electron chi connectivity index (χ2n) is 9.09. The van der Waals surface area contributed by atoms with Crippen LogP contribution in [-0.2, 0) is 0 Å². The van der Waals surface area contributed by atoms with Gasteiger partial charge in [-0.1, -0.05) is 88.2 Å². The number of nitrogens with one attached hydrogen (secondary N) is 1. The minimum absolute atomic E-state index is 0.245. The third-order valence-electron chi connectivity index (χ3n) is 6.72. The first-order valence-electron chi connectivity index (χ1n) is 12.1. The van der Waals surface area contributed by atoms with Gasteiger partial charge in [0.25, 0.3) is 11.5 Å². The number of hydrogen-bond acceptors (Lipinski definition) is 3. The number of nitrogens with zero attached hydrogens (tertiary/aromatic N) is 2. The van der Waals surface area contributed by atoms with Gasteiger partial charge in [-0.25, -0.2) is 5.01 Å². The Morgan fingerprint density at radius 3 is 2.29 bits per heavy atom. The van der Waals surface area contributed by atoms with E-state index in [-0.39, 0.29) is 17.5 Å². The zero-order chi connectivity index (χ0) is 26.2. The van der Waals surface area contributed by atoms with Crippen molar-refractivity contribution in [1.82, 2.24) is 9.99 Å². The minimum atomic E-state index is -0.365. The van der Waals surface area contributed by atoms with Crippen molar-refractivity contribution >= 4 is 50.1 Å². The lowest BCUT2D eigenvalue weighted by atomic mass is 9.91. The summed E-state index contributed by atoms with van der Waals surface area (Å²) in [4.78, 5) is 30.4. The van der Waals surface area contributed by atoms with Crippen LogP contribution in [-0.4, -0.2) is 21.6 Å². The third kappa shape index (κ3) is 4.46. The van der Waals surface area contributed by atoms with Gasteiger partial charge in [-0.05, 0) is 53.6 Å². The number of amides is 1. The normalized spacial score (nSPS) is 15.1. The van der Waals surface area contributed by atoms with Gasteiger partial charge >= 0.3 is 0 Å². The molecule has 7 heteroatoms. The molecule has 1 unspecified atom stereocenters. The minimum Gasteiger partial charge on any atom is -0.321 e. The number of carbonyl (C=O) groups is 1. The van der Waals surface area contributed by atoms with Crippen molar-refractivity contribution in [2.75, 3.05) is 0 Å². The van der Waals surface area contributed by atoms with Gasteiger partial charge in [-0.15, -0.1) is 0 Å². The molecular weight excluding hydrogens is 562 g/mol. The molecule has 0 saturated carbocycles. The number of aromatic nitrogens is 1. The molecule has 4 aromatic carbocycles. The highest BCUT2D eigenvalue weighted by Gasteiger charge is 2.35. The van der Waals surface area contributed by atoms with E-state index in [2.05, 4.69) is 20.9 Å². The van der Waals surface area contributed by atoms with Crippen molar-refractivity contribution in [3.8, 4) is 11.1 Å². The molecule has 0 spiro atoms. The van der Waals surface area contributed by atoms with Gasteiger partial charge in [0.15, 0.2) is 0 Å². The van der Waals surface area contributed by atoms with Crippen molar-refractivity contribution in [1.29, 1.82) is 0 Å². The fraction of sp³-hybridized carbons (Fsp3) is 0.0645. The van der Waals surface area contributed by atoms with E-state index in [1.807, 2.05) is 78.9 Å². The number of benzene rings is 4. The first-order chi connectivity index (χ1) is 18.5. The Balaban J connectivity index is 1.57. The summed E-state index contributed by atoms with van der Waals surface area (Å²) in [6, 6.07) is 31.8. The summed E-state index contributed by atoms with van der Waals surface area (Å²) in [5, 5.41) is 7.76. The predicted octanol–water partition coefficient (Wildman–Crippen LogP) is 7.60. The van der Waals surface area contributed by atoms with Crippen molar-refractivity contribution < 1.29 is 4.79 Å². The zero-order valence-electron chi connectivity index (χ0n) is 20.1.